The Morgan fingerprint density at radius 2 is 1.43 bits per heavy atom. The SMILES string of the molecule is CCC(COc1c2ccccc2c(O)c2cc(SC)ccc12)OCC(CC)OCC(CC)OCC1CO1. The van der Waals surface area contributed by atoms with Crippen LogP contribution in [0.4, 0.5) is 0 Å². The topological polar surface area (TPSA) is 69.7 Å². The van der Waals surface area contributed by atoms with Crippen LogP contribution >= 0.6 is 11.8 Å². The number of hydrogen-bond donors (Lipinski definition) is 1. The fraction of sp³-hybridized carbons (Fsp3) is 0.533. The Bertz CT molecular complexity index is 1150. The van der Waals surface area contributed by atoms with E-state index >= 15 is 0 Å². The van der Waals surface area contributed by atoms with Crippen molar-refractivity contribution < 1.29 is 28.8 Å². The summed E-state index contributed by atoms with van der Waals surface area (Å²) in [5, 5.41) is 14.4. The second-order valence-corrected chi connectivity index (χ2v) is 10.4. The van der Waals surface area contributed by atoms with Crippen molar-refractivity contribution in [1.29, 1.82) is 0 Å². The van der Waals surface area contributed by atoms with Crippen LogP contribution in [0.15, 0.2) is 47.4 Å². The number of fused-ring (bicyclic) bond motifs is 2. The van der Waals surface area contributed by atoms with Gasteiger partial charge in [-0.2, -0.15) is 0 Å². The molecule has 1 aliphatic heterocycles. The van der Waals surface area contributed by atoms with E-state index in [1.165, 1.54) is 0 Å². The van der Waals surface area contributed by atoms with Crippen molar-refractivity contribution in [3.63, 3.8) is 0 Å². The molecule has 3 aromatic carbocycles. The van der Waals surface area contributed by atoms with E-state index in [4.69, 9.17) is 23.7 Å². The van der Waals surface area contributed by atoms with E-state index in [0.717, 1.165) is 58.1 Å². The lowest BCUT2D eigenvalue weighted by Gasteiger charge is -2.24. The predicted octanol–water partition coefficient (Wildman–Crippen LogP) is 6.58. The fourth-order valence-corrected chi connectivity index (χ4v) is 4.74. The summed E-state index contributed by atoms with van der Waals surface area (Å²) < 4.78 is 30.0. The Hall–Kier alpha value is -2.03. The fourth-order valence-electron chi connectivity index (χ4n) is 4.30. The molecule has 4 unspecified atom stereocenters. The molecule has 1 aliphatic rings. The highest BCUT2D eigenvalue weighted by Crippen LogP contribution is 2.43. The molecule has 6 nitrogen and oxygen atoms in total. The summed E-state index contributed by atoms with van der Waals surface area (Å²) in [4.78, 5) is 1.10. The van der Waals surface area contributed by atoms with Gasteiger partial charge >= 0.3 is 0 Å². The molecular weight excluding hydrogens is 488 g/mol. The second kappa shape index (κ2) is 13.7. The molecule has 1 heterocycles. The van der Waals surface area contributed by atoms with Crippen LogP contribution in [0, 0.1) is 0 Å². The van der Waals surface area contributed by atoms with Gasteiger partial charge in [0.05, 0.1) is 44.7 Å². The van der Waals surface area contributed by atoms with E-state index in [1.54, 1.807) is 11.8 Å². The number of hydrogen-bond acceptors (Lipinski definition) is 7. The van der Waals surface area contributed by atoms with Crippen molar-refractivity contribution in [1.82, 2.24) is 0 Å². The van der Waals surface area contributed by atoms with Gasteiger partial charge in [0.1, 0.15) is 24.2 Å². The van der Waals surface area contributed by atoms with Crippen LogP contribution in [-0.4, -0.2) is 68.8 Å². The van der Waals surface area contributed by atoms with Gasteiger partial charge in [0.25, 0.3) is 0 Å². The Balaban J connectivity index is 1.39. The van der Waals surface area contributed by atoms with Gasteiger partial charge in [-0.25, -0.2) is 0 Å². The molecule has 4 atom stereocenters. The maximum atomic E-state index is 11.0. The highest BCUT2D eigenvalue weighted by Gasteiger charge is 2.24. The number of ether oxygens (including phenoxy) is 5. The number of aromatic hydroxyl groups is 1. The van der Waals surface area contributed by atoms with Crippen LogP contribution in [0.5, 0.6) is 11.5 Å². The monoisotopic (exact) mass is 528 g/mol. The molecule has 0 aliphatic carbocycles. The van der Waals surface area contributed by atoms with E-state index in [2.05, 4.69) is 26.8 Å². The minimum Gasteiger partial charge on any atom is -0.507 e. The van der Waals surface area contributed by atoms with Crippen molar-refractivity contribution in [2.24, 2.45) is 0 Å². The van der Waals surface area contributed by atoms with E-state index in [9.17, 15) is 5.11 Å². The lowest BCUT2D eigenvalue weighted by atomic mass is 10.0. The molecule has 0 saturated carbocycles. The maximum absolute atomic E-state index is 11.0. The number of phenolic OH excluding ortho intramolecular Hbond substituents is 1. The van der Waals surface area contributed by atoms with Crippen LogP contribution in [0.1, 0.15) is 40.0 Å². The number of epoxide rings is 1. The molecule has 0 bridgehead atoms. The van der Waals surface area contributed by atoms with Gasteiger partial charge in [-0.1, -0.05) is 45.0 Å². The molecule has 0 spiro atoms. The first kappa shape index (κ1) is 28.0. The highest BCUT2D eigenvalue weighted by molar-refractivity contribution is 7.98. The van der Waals surface area contributed by atoms with Crippen molar-refractivity contribution in [2.45, 2.75) is 69.3 Å². The second-order valence-electron chi connectivity index (χ2n) is 9.49. The Morgan fingerprint density at radius 1 is 0.838 bits per heavy atom. The number of thioether (sulfide) groups is 1. The van der Waals surface area contributed by atoms with Crippen molar-refractivity contribution >= 4 is 33.3 Å². The van der Waals surface area contributed by atoms with E-state index in [1.807, 2.05) is 42.7 Å². The molecular formula is C30H40O6S. The van der Waals surface area contributed by atoms with Crippen LogP contribution in [-0.2, 0) is 18.9 Å². The van der Waals surface area contributed by atoms with E-state index in [-0.39, 0.29) is 24.4 Å². The first-order chi connectivity index (χ1) is 18.1. The lowest BCUT2D eigenvalue weighted by Crippen LogP contribution is -2.30. The van der Waals surface area contributed by atoms with Gasteiger partial charge in [-0.05, 0) is 43.7 Å². The van der Waals surface area contributed by atoms with Crippen molar-refractivity contribution in [2.75, 3.05) is 39.3 Å². The number of benzene rings is 3. The van der Waals surface area contributed by atoms with Gasteiger partial charge in [-0.3, -0.25) is 0 Å². The summed E-state index contributed by atoms with van der Waals surface area (Å²) in [5.74, 6) is 1.07. The molecule has 37 heavy (non-hydrogen) atoms. The summed E-state index contributed by atoms with van der Waals surface area (Å²) in [7, 11) is 0. The molecule has 3 aromatic rings. The average Bonchev–Trinajstić information content (AvgIpc) is 3.77. The summed E-state index contributed by atoms with van der Waals surface area (Å²) >= 11 is 1.65. The molecule has 202 valence electrons. The van der Waals surface area contributed by atoms with E-state index < -0.39 is 0 Å². The first-order valence-corrected chi connectivity index (χ1v) is 14.6. The Kier molecular flexibility index (Phi) is 10.3. The molecule has 4 rings (SSSR count). The first-order valence-electron chi connectivity index (χ1n) is 13.4. The van der Waals surface area contributed by atoms with E-state index in [0.29, 0.717) is 32.2 Å². The van der Waals surface area contributed by atoms with Gasteiger partial charge in [0.15, 0.2) is 0 Å². The molecule has 0 aromatic heterocycles. The smallest absolute Gasteiger partial charge is 0.135 e. The van der Waals surface area contributed by atoms with Crippen LogP contribution < -0.4 is 4.74 Å². The minimum absolute atomic E-state index is 0.00386. The van der Waals surface area contributed by atoms with Gasteiger partial charge in [-0.15, -0.1) is 11.8 Å². The molecule has 1 saturated heterocycles. The van der Waals surface area contributed by atoms with Crippen molar-refractivity contribution in [3.05, 3.63) is 42.5 Å². The zero-order chi connectivity index (χ0) is 26.2. The normalized spacial score (nSPS) is 17.7. The molecule has 0 amide bonds. The third-order valence-corrected chi connectivity index (χ3v) is 7.61. The van der Waals surface area contributed by atoms with Gasteiger partial charge in [0.2, 0.25) is 0 Å². The molecule has 1 N–H and O–H groups in total. The predicted molar refractivity (Wildman–Crippen MR) is 150 cm³/mol. The standard InChI is InChI=1S/C30H40O6S/c1-5-20(32-16-21(6-2)34-18-23-19-35-23)15-33-22(7-3)17-36-30-26-11-9-8-10-25(26)29(31)28-14-24(37-4)12-13-27(28)30/h8-14,20-23,31H,5-7,15-19H2,1-4H3. The third kappa shape index (κ3) is 7.30. The van der Waals surface area contributed by atoms with Crippen LogP contribution in [0.25, 0.3) is 21.5 Å². The Labute approximate surface area is 224 Å². The zero-order valence-electron chi connectivity index (χ0n) is 22.4. The quantitative estimate of drug-likeness (QED) is 0.128. The summed E-state index contributed by atoms with van der Waals surface area (Å²) in [6.45, 7) is 9.26. The molecule has 1 fully saturated rings. The number of phenols is 1. The largest absolute Gasteiger partial charge is 0.507 e. The number of rotatable bonds is 16. The summed E-state index contributed by atoms with van der Waals surface area (Å²) in [6, 6.07) is 14.0. The highest BCUT2D eigenvalue weighted by atomic mass is 32.2. The zero-order valence-corrected chi connectivity index (χ0v) is 23.2. The van der Waals surface area contributed by atoms with Gasteiger partial charge < -0.3 is 28.8 Å². The van der Waals surface area contributed by atoms with Crippen LogP contribution in [0.2, 0.25) is 0 Å². The maximum Gasteiger partial charge on any atom is 0.135 e. The van der Waals surface area contributed by atoms with Crippen LogP contribution in [0.3, 0.4) is 0 Å². The third-order valence-electron chi connectivity index (χ3n) is 6.89. The lowest BCUT2D eigenvalue weighted by molar-refractivity contribution is -0.0886. The van der Waals surface area contributed by atoms with Crippen molar-refractivity contribution in [3.8, 4) is 11.5 Å². The summed E-state index contributed by atoms with van der Waals surface area (Å²) in [6.07, 6.45) is 4.90. The Morgan fingerprint density at radius 3 is 2.05 bits per heavy atom. The molecule has 7 heteroatoms. The summed E-state index contributed by atoms with van der Waals surface area (Å²) in [5.41, 5.74) is 0. The van der Waals surface area contributed by atoms with Gasteiger partial charge in [0, 0.05) is 26.4 Å². The minimum atomic E-state index is -0.0732. The average molecular weight is 529 g/mol. The molecule has 0 radical (unpaired) electrons.